The topological polar surface area (TPSA) is 168 Å². The summed E-state index contributed by atoms with van der Waals surface area (Å²) in [6.07, 6.45) is 8.84. The van der Waals surface area contributed by atoms with E-state index < -0.39 is 60.3 Å². The van der Waals surface area contributed by atoms with Crippen molar-refractivity contribution in [3.63, 3.8) is 0 Å². The Morgan fingerprint density at radius 2 is 1.47 bits per heavy atom. The molecule has 1 atom stereocenters. The number of aromatic nitrogens is 2. The Kier molecular flexibility index (Phi) is 17.5. The highest BCUT2D eigenvalue weighted by Gasteiger charge is 2.54. The van der Waals surface area contributed by atoms with Crippen LogP contribution in [-0.4, -0.2) is 58.3 Å². The molecule has 4 aromatic rings. The predicted molar refractivity (Wildman–Crippen MR) is 224 cm³/mol. The van der Waals surface area contributed by atoms with Crippen molar-refractivity contribution in [3.05, 3.63) is 87.3 Å². The van der Waals surface area contributed by atoms with Crippen molar-refractivity contribution >= 4 is 47.3 Å². The Bertz CT molecular complexity index is 2230. The number of nitrogens with one attached hydrogen (secondary N) is 1. The number of ether oxygens (including phenoxy) is 1. The maximum Gasteiger partial charge on any atom is 0.416 e. The number of benzene rings is 2. The molecular weight excluding hydrogens is 814 g/mol. The molecule has 0 saturated heterocycles. The van der Waals surface area contributed by atoms with E-state index in [4.69, 9.17) is 14.9 Å². The summed E-state index contributed by atoms with van der Waals surface area (Å²) in [4.78, 5) is 32.0. The molecule has 2 aromatic heterocycles. The molecule has 0 radical (unpaired) electrons. The van der Waals surface area contributed by atoms with Crippen LogP contribution in [0, 0.1) is 0 Å². The van der Waals surface area contributed by atoms with Gasteiger partial charge < -0.3 is 14.6 Å². The zero-order valence-corrected chi connectivity index (χ0v) is 35.6. The summed E-state index contributed by atoms with van der Waals surface area (Å²) in [6, 6.07) is 12.1. The fraction of sp³-hybridized carbons (Fsp3) is 0.537. The summed E-state index contributed by atoms with van der Waals surface area (Å²) in [7, 11) is -7.12. The van der Waals surface area contributed by atoms with Crippen molar-refractivity contribution in [3.8, 4) is 11.1 Å². The number of amides is 1. The number of nitrogens with two attached hydrogens (primary N) is 1. The second-order valence-electron chi connectivity index (χ2n) is 14.7. The minimum absolute atomic E-state index is 0.0352. The lowest BCUT2D eigenvalue weighted by atomic mass is 9.98. The van der Waals surface area contributed by atoms with E-state index in [1.807, 2.05) is 0 Å². The zero-order chi connectivity index (χ0) is 42.4. The third kappa shape index (κ3) is 13.2. The monoisotopic (exact) mass is 868 g/mol. The number of pyridine rings is 1. The molecule has 0 saturated carbocycles. The summed E-state index contributed by atoms with van der Waals surface area (Å²) in [6.45, 7) is 2.44. The number of alkyl halides is 3. The van der Waals surface area contributed by atoms with Crippen LogP contribution in [0.4, 0.5) is 13.2 Å². The fourth-order valence-electron chi connectivity index (χ4n) is 6.88. The summed E-state index contributed by atoms with van der Waals surface area (Å²) < 4.78 is 98.3. The Morgan fingerprint density at radius 3 is 2.03 bits per heavy atom. The van der Waals surface area contributed by atoms with Crippen LogP contribution in [0.5, 0.6) is 0 Å². The number of sulfonamides is 1. The number of hydrogen-bond acceptors (Lipinski definition) is 9. The van der Waals surface area contributed by atoms with Crippen LogP contribution >= 0.6 is 11.3 Å². The first-order valence-corrected chi connectivity index (χ1v) is 24.0. The number of methoxy groups -OCH3 is 1. The average Bonchev–Trinajstić information content (AvgIpc) is 3.59. The van der Waals surface area contributed by atoms with Gasteiger partial charge in [0.05, 0.1) is 33.9 Å². The van der Waals surface area contributed by atoms with Gasteiger partial charge in [-0.05, 0) is 53.4 Å². The summed E-state index contributed by atoms with van der Waals surface area (Å²) in [5.41, 5.74) is 0.480. The van der Waals surface area contributed by atoms with Gasteiger partial charge in [0, 0.05) is 32.5 Å². The van der Waals surface area contributed by atoms with E-state index in [9.17, 15) is 39.6 Å². The number of carbonyl (C=O) groups excluding carboxylic acids is 1. The number of sulfone groups is 1. The molecule has 2 heterocycles. The van der Waals surface area contributed by atoms with Gasteiger partial charge >= 0.3 is 6.18 Å². The minimum Gasteiger partial charge on any atom is -0.383 e. The molecule has 0 spiro atoms. The molecule has 3 N–H and O–H groups in total. The Labute approximate surface area is 343 Å². The van der Waals surface area contributed by atoms with Gasteiger partial charge in [-0.25, -0.2) is 27.0 Å². The van der Waals surface area contributed by atoms with Crippen LogP contribution in [0.25, 0.3) is 21.3 Å². The van der Waals surface area contributed by atoms with Crippen LogP contribution in [-0.2, 0) is 52.6 Å². The molecule has 0 aliphatic carbocycles. The molecule has 0 aliphatic heterocycles. The van der Waals surface area contributed by atoms with Crippen LogP contribution < -0.4 is 16.0 Å². The molecule has 0 aliphatic rings. The van der Waals surface area contributed by atoms with E-state index >= 15 is 0 Å². The third-order valence-corrected chi connectivity index (χ3v) is 14.6. The van der Waals surface area contributed by atoms with E-state index in [1.54, 1.807) is 37.6 Å². The van der Waals surface area contributed by atoms with Gasteiger partial charge in [0.1, 0.15) is 5.01 Å². The first-order valence-electron chi connectivity index (χ1n) is 19.8. The average molecular weight is 869 g/mol. The highest BCUT2D eigenvalue weighted by atomic mass is 32.2. The van der Waals surface area contributed by atoms with Gasteiger partial charge in [0.2, 0.25) is 20.7 Å². The molecule has 0 fully saturated rings. The summed E-state index contributed by atoms with van der Waals surface area (Å²) in [5.74, 6) is -2.43. The van der Waals surface area contributed by atoms with Crippen molar-refractivity contribution in [2.24, 2.45) is 5.14 Å². The number of unbranched alkanes of at least 4 members (excludes halogenated alkanes) is 11. The molecule has 4 rings (SSSR count). The number of fused-ring (bicyclic) bond motifs is 1. The highest BCUT2D eigenvalue weighted by Crippen LogP contribution is 2.43. The van der Waals surface area contributed by atoms with Gasteiger partial charge in [0.15, 0.2) is 9.84 Å². The molecule has 58 heavy (non-hydrogen) atoms. The molecule has 1 amide bonds. The van der Waals surface area contributed by atoms with Crippen molar-refractivity contribution in [1.29, 1.82) is 0 Å². The third-order valence-electron chi connectivity index (χ3n) is 10.2. The van der Waals surface area contributed by atoms with E-state index in [-0.39, 0.29) is 22.6 Å². The fourth-order valence-corrected chi connectivity index (χ4v) is 10.9. The lowest BCUT2D eigenvalue weighted by Gasteiger charge is -2.30. The lowest BCUT2D eigenvalue weighted by Crippen LogP contribution is -2.51. The second kappa shape index (κ2) is 21.6. The van der Waals surface area contributed by atoms with Crippen LogP contribution in [0.3, 0.4) is 0 Å². The molecule has 320 valence electrons. The quantitative estimate of drug-likeness (QED) is 0.0631. The first-order chi connectivity index (χ1) is 27.5. The van der Waals surface area contributed by atoms with Crippen LogP contribution in [0.1, 0.15) is 107 Å². The number of carbonyl (C=O) groups is 1. The van der Waals surface area contributed by atoms with E-state index in [1.165, 1.54) is 42.7 Å². The van der Waals surface area contributed by atoms with Crippen molar-refractivity contribution < 1.29 is 39.5 Å². The Balaban J connectivity index is 1.71. The number of rotatable bonds is 25. The number of primary sulfonamides is 1. The van der Waals surface area contributed by atoms with Gasteiger partial charge in [-0.1, -0.05) is 102 Å². The van der Waals surface area contributed by atoms with Crippen LogP contribution in [0.2, 0.25) is 0 Å². The Morgan fingerprint density at radius 1 is 0.862 bits per heavy atom. The SMILES string of the molecule is CCCCCCCCCCCCCCC(C(=O)NCCS(N)(=O)=O)(c1nc2ccc(-c3ccn(CCOC)c(=O)c3)cc2s1)S(=O)(=O)Cc1ccc(C(F)(F)F)cc1. The molecule has 0 bridgehead atoms. The van der Waals surface area contributed by atoms with Gasteiger partial charge in [-0.2, -0.15) is 13.2 Å². The number of thiazole rings is 1. The molecule has 2 aromatic carbocycles. The Hall–Kier alpha value is -3.64. The van der Waals surface area contributed by atoms with Crippen molar-refractivity contribution in [2.75, 3.05) is 26.0 Å². The van der Waals surface area contributed by atoms with Crippen molar-refractivity contribution in [1.82, 2.24) is 14.9 Å². The first kappa shape index (κ1) is 47.0. The van der Waals surface area contributed by atoms with Gasteiger partial charge in [0.25, 0.3) is 5.56 Å². The number of nitrogens with zero attached hydrogens (tertiary/aromatic N) is 2. The molecule has 1 unspecified atom stereocenters. The van der Waals surface area contributed by atoms with E-state index in [2.05, 4.69) is 12.2 Å². The molecule has 11 nitrogen and oxygen atoms in total. The largest absolute Gasteiger partial charge is 0.416 e. The lowest BCUT2D eigenvalue weighted by molar-refractivity contribution is -0.137. The minimum atomic E-state index is -4.64. The van der Waals surface area contributed by atoms with Crippen LogP contribution in [0.15, 0.2) is 65.6 Å². The molecule has 17 heteroatoms. The number of hydrogen-bond donors (Lipinski definition) is 2. The smallest absolute Gasteiger partial charge is 0.383 e. The van der Waals surface area contributed by atoms with Gasteiger partial charge in [-0.15, -0.1) is 11.3 Å². The number of halogens is 3. The van der Waals surface area contributed by atoms with Gasteiger partial charge in [-0.3, -0.25) is 9.59 Å². The zero-order valence-electron chi connectivity index (χ0n) is 33.2. The normalized spacial score (nSPS) is 13.5. The molecular formula is C41H55F3N4O7S3. The predicted octanol–water partition coefficient (Wildman–Crippen LogP) is 8.10. The van der Waals surface area contributed by atoms with Crippen molar-refractivity contribution in [2.45, 2.75) is 114 Å². The highest BCUT2D eigenvalue weighted by molar-refractivity contribution is 7.92. The summed E-state index contributed by atoms with van der Waals surface area (Å²) >= 11 is 0.984. The van der Waals surface area contributed by atoms with E-state index in [0.717, 1.165) is 67.7 Å². The second-order valence-corrected chi connectivity index (χ2v) is 19.7. The maximum atomic E-state index is 14.8. The maximum absolute atomic E-state index is 14.8. The summed E-state index contributed by atoms with van der Waals surface area (Å²) in [5, 5.41) is 7.63. The van der Waals surface area contributed by atoms with E-state index in [0.29, 0.717) is 47.3 Å². The standard InChI is InChI=1S/C41H55F3N4O7S3/c1-3-4-5-6-7-8-9-10-11-12-13-14-22-40(38(50)46-23-27-58(45,53)54,57(51,52)30-31-15-18-34(19-16-31)41(42,43)44)39-47-35-20-17-32(28-36(35)56-39)33-21-24-48(25-26-55-2)37(49)29-33/h15-21,24,28-29H,3-14,22-23,25-27,30H2,1-2H3,(H,46,50)(H2,45,53,54).